The maximum atomic E-state index is 13.1. The molecule has 2 heterocycles. The third kappa shape index (κ3) is 4.45. The monoisotopic (exact) mass is 532 g/mol. The van der Waals surface area contributed by atoms with Gasteiger partial charge in [0.1, 0.15) is 16.7 Å². The molecule has 2 saturated carbocycles. The summed E-state index contributed by atoms with van der Waals surface area (Å²) in [5, 5.41) is 1.16. The van der Waals surface area contributed by atoms with Gasteiger partial charge in [0, 0.05) is 22.0 Å². The summed E-state index contributed by atoms with van der Waals surface area (Å²) in [5.41, 5.74) is 6.17. The number of amides is 1. The molecule has 1 unspecified atom stereocenters. The van der Waals surface area contributed by atoms with Gasteiger partial charge in [-0.2, -0.15) is 0 Å². The van der Waals surface area contributed by atoms with E-state index in [1.54, 1.807) is 7.11 Å². The summed E-state index contributed by atoms with van der Waals surface area (Å²) in [6, 6.07) is 11.7. The largest absolute Gasteiger partial charge is 0.497 e. The molecule has 1 atom stereocenters. The van der Waals surface area contributed by atoms with E-state index in [4.69, 9.17) is 9.47 Å². The standard InChI is InChI=1S/C30H32N2O5S/c1-36-22-9-13-24-20(15-22)14-21(30(34)37-2)17-32-26-16-19(29(33)31-38(35)23-10-11-23)8-12-25(26)27(28(24)32)18-6-4-3-5-7-18/h8-9,12-16,18,23H,3-7,10-11,17H2,1-2H3,(H,31,33). The van der Waals surface area contributed by atoms with Gasteiger partial charge < -0.3 is 14.0 Å². The first-order valence-corrected chi connectivity index (χ1v) is 14.5. The van der Waals surface area contributed by atoms with E-state index in [9.17, 15) is 13.8 Å². The van der Waals surface area contributed by atoms with Crippen molar-refractivity contribution in [2.45, 2.75) is 62.7 Å². The van der Waals surface area contributed by atoms with Crippen molar-refractivity contribution in [1.82, 2.24) is 9.29 Å². The minimum Gasteiger partial charge on any atom is -0.497 e. The number of hydrogen-bond acceptors (Lipinski definition) is 5. The Morgan fingerprint density at radius 1 is 1.00 bits per heavy atom. The minimum absolute atomic E-state index is 0.0615. The Morgan fingerprint density at radius 2 is 1.79 bits per heavy atom. The van der Waals surface area contributed by atoms with Gasteiger partial charge in [-0.1, -0.05) is 25.3 Å². The van der Waals surface area contributed by atoms with E-state index in [1.807, 2.05) is 36.4 Å². The highest BCUT2D eigenvalue weighted by atomic mass is 32.2. The number of ether oxygens (including phenoxy) is 2. The summed E-state index contributed by atoms with van der Waals surface area (Å²) < 4.78 is 27.9. The molecule has 1 aliphatic heterocycles. The second-order valence-electron chi connectivity index (χ2n) is 10.5. The number of methoxy groups -OCH3 is 2. The molecule has 38 heavy (non-hydrogen) atoms. The van der Waals surface area contributed by atoms with Gasteiger partial charge in [0.25, 0.3) is 5.91 Å². The predicted molar refractivity (Wildman–Crippen MR) is 148 cm³/mol. The number of fused-ring (bicyclic) bond motifs is 5. The predicted octanol–water partition coefficient (Wildman–Crippen LogP) is 5.49. The third-order valence-electron chi connectivity index (χ3n) is 8.02. The molecule has 0 bridgehead atoms. The number of rotatable bonds is 6. The Kier molecular flexibility index (Phi) is 6.60. The highest BCUT2D eigenvalue weighted by Gasteiger charge is 2.32. The number of esters is 1. The van der Waals surface area contributed by atoms with E-state index in [0.29, 0.717) is 23.6 Å². The Balaban J connectivity index is 1.57. The lowest BCUT2D eigenvalue weighted by Crippen LogP contribution is -2.27. The van der Waals surface area contributed by atoms with Crippen molar-refractivity contribution in [1.29, 1.82) is 0 Å². The van der Waals surface area contributed by atoms with Crippen LogP contribution in [0.15, 0.2) is 42.0 Å². The summed E-state index contributed by atoms with van der Waals surface area (Å²) in [5.74, 6) is 0.380. The first-order chi connectivity index (χ1) is 18.5. The first-order valence-electron chi connectivity index (χ1n) is 13.3. The molecule has 3 aliphatic rings. The number of nitrogens with zero attached hydrogens (tertiary/aromatic N) is 1. The average Bonchev–Trinajstić information content (AvgIpc) is 3.77. The highest BCUT2D eigenvalue weighted by Crippen LogP contribution is 2.47. The van der Waals surface area contributed by atoms with Crippen LogP contribution in [-0.2, 0) is 27.1 Å². The zero-order chi connectivity index (χ0) is 26.4. The molecule has 2 fully saturated rings. The normalized spacial score (nSPS) is 18.1. The van der Waals surface area contributed by atoms with Crippen LogP contribution in [0.4, 0.5) is 0 Å². The van der Waals surface area contributed by atoms with Gasteiger partial charge in [-0.3, -0.25) is 9.52 Å². The molecule has 1 N–H and O–H groups in total. The van der Waals surface area contributed by atoms with Crippen LogP contribution >= 0.6 is 0 Å². The number of aromatic nitrogens is 1. The van der Waals surface area contributed by atoms with Gasteiger partial charge >= 0.3 is 5.97 Å². The summed E-state index contributed by atoms with van der Waals surface area (Å²) in [7, 11) is 1.67. The lowest BCUT2D eigenvalue weighted by atomic mass is 9.81. The van der Waals surface area contributed by atoms with Gasteiger partial charge in [-0.25, -0.2) is 9.00 Å². The van der Waals surface area contributed by atoms with Crippen molar-refractivity contribution < 1.29 is 23.3 Å². The Morgan fingerprint density at radius 3 is 2.50 bits per heavy atom. The van der Waals surface area contributed by atoms with Crippen LogP contribution in [-0.4, -0.2) is 40.1 Å². The van der Waals surface area contributed by atoms with Crippen LogP contribution < -0.4 is 9.46 Å². The number of hydrogen-bond donors (Lipinski definition) is 1. The summed E-state index contributed by atoms with van der Waals surface area (Å²) >= 11 is 0. The lowest BCUT2D eigenvalue weighted by molar-refractivity contribution is -0.136. The van der Waals surface area contributed by atoms with Gasteiger partial charge in [-0.05, 0) is 79.1 Å². The van der Waals surface area contributed by atoms with Crippen LogP contribution in [0.2, 0.25) is 0 Å². The maximum Gasteiger partial charge on any atom is 0.335 e. The average molecular weight is 533 g/mol. The Labute approximate surface area is 224 Å². The summed E-state index contributed by atoms with van der Waals surface area (Å²) in [6.07, 6.45) is 9.49. The third-order valence-corrected chi connectivity index (χ3v) is 9.48. The summed E-state index contributed by atoms with van der Waals surface area (Å²) in [4.78, 5) is 25.9. The van der Waals surface area contributed by atoms with Gasteiger partial charge in [0.05, 0.1) is 37.3 Å². The molecule has 0 spiro atoms. The molecule has 0 saturated heterocycles. The van der Waals surface area contributed by atoms with Crippen molar-refractivity contribution >= 4 is 39.8 Å². The van der Waals surface area contributed by atoms with E-state index >= 15 is 0 Å². The first kappa shape index (κ1) is 24.9. The Hall–Kier alpha value is -3.39. The van der Waals surface area contributed by atoms with Crippen molar-refractivity contribution in [3.8, 4) is 17.0 Å². The van der Waals surface area contributed by atoms with Crippen LogP contribution in [0.25, 0.3) is 28.2 Å². The van der Waals surface area contributed by atoms with E-state index < -0.39 is 11.0 Å². The van der Waals surface area contributed by atoms with Gasteiger partial charge in [-0.15, -0.1) is 0 Å². The molecular formula is C30H32N2O5S. The fraction of sp³-hybridized carbons (Fsp3) is 0.400. The highest BCUT2D eigenvalue weighted by molar-refractivity contribution is 7.84. The molecule has 2 aromatic carbocycles. The fourth-order valence-corrected chi connectivity index (χ4v) is 6.98. The maximum absolute atomic E-state index is 13.1. The molecular weight excluding hydrogens is 500 g/mol. The molecule has 8 heteroatoms. The zero-order valence-electron chi connectivity index (χ0n) is 21.7. The van der Waals surface area contributed by atoms with Crippen LogP contribution in [0.5, 0.6) is 5.75 Å². The van der Waals surface area contributed by atoms with Crippen LogP contribution in [0.1, 0.15) is 72.3 Å². The number of nitrogens with one attached hydrogen (secondary N) is 1. The number of benzene rings is 2. The number of carbonyl (C=O) groups excluding carboxylic acids is 2. The molecule has 0 radical (unpaired) electrons. The summed E-state index contributed by atoms with van der Waals surface area (Å²) in [6.45, 7) is 0.321. The molecule has 3 aromatic rings. The smallest absolute Gasteiger partial charge is 0.335 e. The molecule has 1 amide bonds. The quantitative estimate of drug-likeness (QED) is 0.424. The van der Waals surface area contributed by atoms with Gasteiger partial charge in [0.15, 0.2) is 0 Å². The molecule has 1 aromatic heterocycles. The van der Waals surface area contributed by atoms with Crippen molar-refractivity contribution in [3.05, 3.63) is 58.7 Å². The lowest BCUT2D eigenvalue weighted by Gasteiger charge is -2.24. The zero-order valence-corrected chi connectivity index (χ0v) is 22.6. The van der Waals surface area contributed by atoms with E-state index in [0.717, 1.165) is 59.2 Å². The van der Waals surface area contributed by atoms with E-state index in [-0.39, 0.29) is 17.1 Å². The molecule has 198 valence electrons. The second-order valence-corrected chi connectivity index (χ2v) is 11.9. The van der Waals surface area contributed by atoms with Crippen molar-refractivity contribution in [2.24, 2.45) is 0 Å². The van der Waals surface area contributed by atoms with Gasteiger partial charge in [0.2, 0.25) is 0 Å². The Bertz CT molecular complexity index is 1490. The molecule has 7 nitrogen and oxygen atoms in total. The van der Waals surface area contributed by atoms with Crippen LogP contribution in [0, 0.1) is 0 Å². The van der Waals surface area contributed by atoms with E-state index in [2.05, 4.69) is 15.4 Å². The minimum atomic E-state index is -1.36. The SMILES string of the molecule is COC(=O)C1=Cc2cc(OC)ccc2-c2c(C3CCCCC3)c3ccc(C(=O)NS(=O)C4CC4)cc3n2C1. The topological polar surface area (TPSA) is 86.6 Å². The van der Waals surface area contributed by atoms with Crippen LogP contribution in [0.3, 0.4) is 0 Å². The van der Waals surface area contributed by atoms with Crippen molar-refractivity contribution in [3.63, 3.8) is 0 Å². The molecule has 6 rings (SSSR count). The number of carbonyl (C=O) groups is 2. The van der Waals surface area contributed by atoms with Crippen molar-refractivity contribution in [2.75, 3.05) is 14.2 Å². The fourth-order valence-electron chi connectivity index (χ4n) is 5.95. The van der Waals surface area contributed by atoms with E-state index in [1.165, 1.54) is 31.9 Å². The second kappa shape index (κ2) is 10.1. The molecule has 2 aliphatic carbocycles.